The highest BCUT2D eigenvalue weighted by Gasteiger charge is 2.25. The zero-order chi connectivity index (χ0) is 20.6. The van der Waals surface area contributed by atoms with E-state index in [2.05, 4.69) is 20.9 Å². The maximum absolute atomic E-state index is 12.2. The van der Waals surface area contributed by atoms with Gasteiger partial charge in [0.1, 0.15) is 24.7 Å². The van der Waals surface area contributed by atoms with Crippen LogP contribution in [0.15, 0.2) is 24.4 Å². The molecule has 2 aromatic rings. The Morgan fingerprint density at radius 3 is 2.79 bits per heavy atom. The summed E-state index contributed by atoms with van der Waals surface area (Å²) in [4.78, 5) is 24.3. The zero-order valence-electron chi connectivity index (χ0n) is 16.2. The van der Waals surface area contributed by atoms with Gasteiger partial charge in [-0.2, -0.15) is 0 Å². The molecule has 1 fully saturated rings. The summed E-state index contributed by atoms with van der Waals surface area (Å²) in [6.45, 7) is 2.11. The van der Waals surface area contributed by atoms with Crippen molar-refractivity contribution < 1.29 is 23.5 Å². The van der Waals surface area contributed by atoms with Crippen molar-refractivity contribution in [3.8, 4) is 11.4 Å². The molecule has 156 valence electrons. The van der Waals surface area contributed by atoms with Gasteiger partial charge in [0.2, 0.25) is 0 Å². The van der Waals surface area contributed by atoms with Crippen LogP contribution in [-0.4, -0.2) is 65.9 Å². The van der Waals surface area contributed by atoms with Crippen molar-refractivity contribution in [3.05, 3.63) is 35.7 Å². The molecule has 1 aromatic heterocycles. The van der Waals surface area contributed by atoms with E-state index >= 15 is 0 Å². The number of amides is 2. The first-order chi connectivity index (χ1) is 14.1. The molecule has 1 aliphatic carbocycles. The van der Waals surface area contributed by atoms with E-state index in [1.54, 1.807) is 18.2 Å². The summed E-state index contributed by atoms with van der Waals surface area (Å²) in [7, 11) is 0. The maximum atomic E-state index is 12.2. The van der Waals surface area contributed by atoms with Crippen molar-refractivity contribution >= 4 is 11.8 Å². The third kappa shape index (κ3) is 5.74. The standard InChI is InChI=1S/C19H24FN5O4/c1-2-21-18(26)13-3-6-16(17(11-13)29-10-9-28-8-7-20)25-12-15(23-24-25)19(27)22-14-4-5-14/h3,6,11-12,14H,2,4-5,7-10H2,1H3,(H,21,26)(H,22,27). The largest absolute Gasteiger partial charge is 0.489 e. The summed E-state index contributed by atoms with van der Waals surface area (Å²) in [5.74, 6) is -0.142. The topological polar surface area (TPSA) is 107 Å². The van der Waals surface area contributed by atoms with Gasteiger partial charge in [0, 0.05) is 18.2 Å². The number of nitrogens with zero attached hydrogens (tertiary/aromatic N) is 3. The van der Waals surface area contributed by atoms with Crippen molar-refractivity contribution in [1.29, 1.82) is 0 Å². The van der Waals surface area contributed by atoms with Crippen LogP contribution in [0.25, 0.3) is 5.69 Å². The molecule has 0 bridgehead atoms. The molecular weight excluding hydrogens is 381 g/mol. The lowest BCUT2D eigenvalue weighted by Gasteiger charge is -2.13. The Hall–Kier alpha value is -3.01. The van der Waals surface area contributed by atoms with E-state index in [-0.39, 0.29) is 43.4 Å². The molecule has 2 amide bonds. The summed E-state index contributed by atoms with van der Waals surface area (Å²) in [6, 6.07) is 5.10. The quantitative estimate of drug-likeness (QED) is 0.545. The van der Waals surface area contributed by atoms with Crippen molar-refractivity contribution in [1.82, 2.24) is 25.6 Å². The fourth-order valence-electron chi connectivity index (χ4n) is 2.56. The van der Waals surface area contributed by atoms with Crippen LogP contribution >= 0.6 is 0 Å². The number of ether oxygens (including phenoxy) is 2. The Bertz CT molecular complexity index is 853. The first-order valence-corrected chi connectivity index (χ1v) is 9.54. The van der Waals surface area contributed by atoms with Gasteiger partial charge in [-0.05, 0) is 38.0 Å². The van der Waals surface area contributed by atoms with Crippen LogP contribution in [0.4, 0.5) is 4.39 Å². The minimum atomic E-state index is -0.567. The lowest BCUT2D eigenvalue weighted by molar-refractivity contribution is 0.0894. The number of hydrogen-bond acceptors (Lipinski definition) is 6. The number of alkyl halides is 1. The molecule has 2 N–H and O–H groups in total. The second-order valence-electron chi connectivity index (χ2n) is 6.49. The van der Waals surface area contributed by atoms with Gasteiger partial charge >= 0.3 is 0 Å². The number of nitrogens with one attached hydrogen (secondary N) is 2. The molecule has 0 aliphatic heterocycles. The van der Waals surface area contributed by atoms with Crippen LogP contribution < -0.4 is 15.4 Å². The number of rotatable bonds is 11. The van der Waals surface area contributed by atoms with Gasteiger partial charge < -0.3 is 20.1 Å². The third-order valence-electron chi connectivity index (χ3n) is 4.15. The maximum Gasteiger partial charge on any atom is 0.273 e. The van der Waals surface area contributed by atoms with Crippen LogP contribution in [0, 0.1) is 0 Å². The predicted octanol–water partition coefficient (Wildman–Crippen LogP) is 1.27. The summed E-state index contributed by atoms with van der Waals surface area (Å²) in [6.07, 6.45) is 3.46. The average molecular weight is 405 g/mol. The monoisotopic (exact) mass is 405 g/mol. The Morgan fingerprint density at radius 1 is 1.24 bits per heavy atom. The predicted molar refractivity (Wildman–Crippen MR) is 102 cm³/mol. The van der Waals surface area contributed by atoms with Crippen molar-refractivity contribution in [2.24, 2.45) is 0 Å². The minimum absolute atomic E-state index is 0.00228. The molecule has 10 heteroatoms. The lowest BCUT2D eigenvalue weighted by Crippen LogP contribution is -2.25. The van der Waals surface area contributed by atoms with E-state index in [1.807, 2.05) is 6.92 Å². The van der Waals surface area contributed by atoms with Crippen LogP contribution in [0.2, 0.25) is 0 Å². The summed E-state index contributed by atoms with van der Waals surface area (Å²) in [5.41, 5.74) is 1.13. The van der Waals surface area contributed by atoms with Gasteiger partial charge in [0.15, 0.2) is 5.69 Å². The van der Waals surface area contributed by atoms with Crippen LogP contribution in [-0.2, 0) is 4.74 Å². The average Bonchev–Trinajstić information content (AvgIpc) is 3.39. The molecule has 1 aromatic carbocycles. The molecule has 0 spiro atoms. The number of carbonyl (C=O) groups is 2. The molecular formula is C19H24FN5O4. The lowest BCUT2D eigenvalue weighted by atomic mass is 10.1. The van der Waals surface area contributed by atoms with E-state index in [9.17, 15) is 14.0 Å². The highest BCUT2D eigenvalue weighted by molar-refractivity contribution is 5.95. The van der Waals surface area contributed by atoms with Gasteiger partial charge in [-0.25, -0.2) is 9.07 Å². The normalized spacial score (nSPS) is 13.2. The number of carbonyl (C=O) groups excluding carboxylic acids is 2. The van der Waals surface area contributed by atoms with Gasteiger partial charge in [-0.3, -0.25) is 9.59 Å². The van der Waals surface area contributed by atoms with E-state index in [0.29, 0.717) is 23.5 Å². The molecule has 1 heterocycles. The van der Waals surface area contributed by atoms with E-state index in [0.717, 1.165) is 12.8 Å². The third-order valence-corrected chi connectivity index (χ3v) is 4.15. The van der Waals surface area contributed by atoms with Gasteiger partial charge in [0.25, 0.3) is 11.8 Å². The highest BCUT2D eigenvalue weighted by atomic mass is 19.1. The number of halogens is 1. The van der Waals surface area contributed by atoms with Crippen LogP contribution in [0.5, 0.6) is 5.75 Å². The Morgan fingerprint density at radius 2 is 2.07 bits per heavy atom. The van der Waals surface area contributed by atoms with E-state index in [1.165, 1.54) is 10.9 Å². The Kier molecular flexibility index (Phi) is 7.12. The Labute approximate surface area is 167 Å². The first-order valence-electron chi connectivity index (χ1n) is 9.54. The minimum Gasteiger partial charge on any atom is -0.489 e. The second-order valence-corrected chi connectivity index (χ2v) is 6.49. The summed E-state index contributed by atoms with van der Waals surface area (Å²) >= 11 is 0. The molecule has 9 nitrogen and oxygen atoms in total. The molecule has 1 saturated carbocycles. The summed E-state index contributed by atoms with van der Waals surface area (Å²) < 4.78 is 24.4. The first kappa shape index (κ1) is 20.7. The smallest absolute Gasteiger partial charge is 0.273 e. The molecule has 0 saturated heterocycles. The molecule has 29 heavy (non-hydrogen) atoms. The fourth-order valence-corrected chi connectivity index (χ4v) is 2.56. The van der Waals surface area contributed by atoms with E-state index < -0.39 is 6.67 Å². The van der Waals surface area contributed by atoms with Crippen molar-refractivity contribution in [2.75, 3.05) is 33.0 Å². The van der Waals surface area contributed by atoms with Crippen LogP contribution in [0.1, 0.15) is 40.6 Å². The molecule has 1 aliphatic rings. The number of benzene rings is 1. The van der Waals surface area contributed by atoms with E-state index in [4.69, 9.17) is 9.47 Å². The van der Waals surface area contributed by atoms with Gasteiger partial charge in [-0.1, -0.05) is 5.21 Å². The molecule has 0 unspecified atom stereocenters. The molecule has 0 radical (unpaired) electrons. The van der Waals surface area contributed by atoms with Crippen molar-refractivity contribution in [3.63, 3.8) is 0 Å². The SMILES string of the molecule is CCNC(=O)c1ccc(-n2cc(C(=O)NC3CC3)nn2)c(OCCOCCF)c1. The number of hydrogen-bond donors (Lipinski definition) is 2. The van der Waals surface area contributed by atoms with Gasteiger partial charge in [-0.15, -0.1) is 5.10 Å². The highest BCUT2D eigenvalue weighted by Crippen LogP contribution is 2.25. The fraction of sp³-hybridized carbons (Fsp3) is 0.474. The van der Waals surface area contributed by atoms with Gasteiger partial charge in [0.05, 0.1) is 19.4 Å². The molecule has 3 rings (SSSR count). The second kappa shape index (κ2) is 9.97. The van der Waals surface area contributed by atoms with Crippen molar-refractivity contribution in [2.45, 2.75) is 25.8 Å². The number of aromatic nitrogens is 3. The summed E-state index contributed by atoms with van der Waals surface area (Å²) in [5, 5.41) is 13.5. The van der Waals surface area contributed by atoms with Crippen LogP contribution in [0.3, 0.4) is 0 Å². The zero-order valence-corrected chi connectivity index (χ0v) is 16.2. The molecule has 0 atom stereocenters. The Balaban J connectivity index is 1.78.